The number of amides is 1. The van der Waals surface area contributed by atoms with Crippen LogP contribution in [0.2, 0.25) is 0 Å². The van der Waals surface area contributed by atoms with Crippen LogP contribution in [-0.4, -0.2) is 36.4 Å². The molecule has 1 aromatic carbocycles. The molecule has 0 radical (unpaired) electrons. The van der Waals surface area contributed by atoms with Crippen LogP contribution in [-0.2, 0) is 0 Å². The summed E-state index contributed by atoms with van der Waals surface area (Å²) in [6, 6.07) is 11.3. The number of aryl methyl sites for hydroxylation is 2. The molecule has 5 nitrogen and oxygen atoms in total. The first-order valence-corrected chi connectivity index (χ1v) is 7.59. The van der Waals surface area contributed by atoms with Gasteiger partial charge < -0.3 is 15.2 Å². The Morgan fingerprint density at radius 3 is 2.39 bits per heavy atom. The molecule has 1 aromatic heterocycles. The van der Waals surface area contributed by atoms with Gasteiger partial charge in [-0.2, -0.15) is 0 Å². The number of aromatic nitrogens is 1. The Kier molecular flexibility index (Phi) is 5.34. The van der Waals surface area contributed by atoms with Crippen molar-refractivity contribution in [1.29, 1.82) is 0 Å². The van der Waals surface area contributed by atoms with E-state index in [2.05, 4.69) is 39.5 Å². The number of nitrogens with one attached hydrogen (secondary N) is 2. The van der Waals surface area contributed by atoms with Crippen molar-refractivity contribution in [1.82, 2.24) is 15.2 Å². The zero-order valence-corrected chi connectivity index (χ0v) is 14.0. The lowest BCUT2D eigenvalue weighted by atomic mass is 10.0. The van der Waals surface area contributed by atoms with Crippen molar-refractivity contribution in [3.63, 3.8) is 0 Å². The number of H-pyrrole nitrogens is 1. The van der Waals surface area contributed by atoms with Crippen molar-refractivity contribution in [2.24, 2.45) is 0 Å². The van der Waals surface area contributed by atoms with Gasteiger partial charge in [-0.25, -0.2) is 0 Å². The Morgan fingerprint density at radius 2 is 1.83 bits per heavy atom. The van der Waals surface area contributed by atoms with Gasteiger partial charge in [-0.1, -0.05) is 29.8 Å². The van der Waals surface area contributed by atoms with Crippen molar-refractivity contribution in [2.75, 3.05) is 20.6 Å². The first kappa shape index (κ1) is 17.0. The van der Waals surface area contributed by atoms with E-state index < -0.39 is 0 Å². The molecule has 0 aliphatic heterocycles. The van der Waals surface area contributed by atoms with Crippen molar-refractivity contribution >= 4 is 5.91 Å². The van der Waals surface area contributed by atoms with Crippen molar-refractivity contribution in [2.45, 2.75) is 19.9 Å². The molecule has 0 spiro atoms. The SMILES string of the molecule is Cc1ccc([C@H](CNC(=O)c2cc(C)[nH]c(=O)c2)N(C)C)cc1. The molecular weight excluding hydrogens is 290 g/mol. The molecule has 1 amide bonds. The van der Waals surface area contributed by atoms with Gasteiger partial charge in [0.2, 0.25) is 5.56 Å². The second-order valence-corrected chi connectivity index (χ2v) is 6.02. The molecule has 122 valence electrons. The highest BCUT2D eigenvalue weighted by molar-refractivity contribution is 5.94. The fourth-order valence-corrected chi connectivity index (χ4v) is 2.49. The predicted molar refractivity (Wildman–Crippen MR) is 91.7 cm³/mol. The molecule has 23 heavy (non-hydrogen) atoms. The number of likely N-dealkylation sites (N-methyl/N-ethyl adjacent to an activating group) is 1. The molecule has 0 bridgehead atoms. The van der Waals surface area contributed by atoms with Crippen molar-refractivity contribution in [3.8, 4) is 0 Å². The summed E-state index contributed by atoms with van der Waals surface area (Å²) < 4.78 is 0. The van der Waals surface area contributed by atoms with Crippen LogP contribution in [0.15, 0.2) is 41.2 Å². The molecule has 0 fully saturated rings. The Labute approximate surface area is 136 Å². The van der Waals surface area contributed by atoms with Gasteiger partial charge in [0, 0.05) is 23.9 Å². The lowest BCUT2D eigenvalue weighted by Gasteiger charge is -2.25. The fourth-order valence-electron chi connectivity index (χ4n) is 2.49. The molecule has 0 unspecified atom stereocenters. The standard InChI is InChI=1S/C18H23N3O2/c1-12-5-7-14(8-6-12)16(21(3)4)11-19-18(23)15-9-13(2)20-17(22)10-15/h5-10,16H,11H2,1-4H3,(H,19,23)(H,20,22)/t16-/m0/s1. The summed E-state index contributed by atoms with van der Waals surface area (Å²) in [5, 5.41) is 2.91. The first-order valence-electron chi connectivity index (χ1n) is 7.59. The largest absolute Gasteiger partial charge is 0.350 e. The minimum atomic E-state index is -0.266. The number of hydrogen-bond donors (Lipinski definition) is 2. The number of aromatic amines is 1. The number of rotatable bonds is 5. The Bertz CT molecular complexity index is 733. The van der Waals surface area contributed by atoms with E-state index in [0.717, 1.165) is 5.56 Å². The van der Waals surface area contributed by atoms with E-state index in [4.69, 9.17) is 0 Å². The monoisotopic (exact) mass is 313 g/mol. The van der Waals surface area contributed by atoms with Gasteiger partial charge in [0.1, 0.15) is 0 Å². The smallest absolute Gasteiger partial charge is 0.251 e. The molecule has 0 aliphatic carbocycles. The van der Waals surface area contributed by atoms with Gasteiger partial charge >= 0.3 is 0 Å². The molecule has 1 heterocycles. The number of pyridine rings is 1. The van der Waals surface area contributed by atoms with Crippen molar-refractivity contribution < 1.29 is 4.79 Å². The summed E-state index contributed by atoms with van der Waals surface area (Å²) in [6.07, 6.45) is 0. The van der Waals surface area contributed by atoms with E-state index in [1.807, 2.05) is 21.0 Å². The zero-order chi connectivity index (χ0) is 17.0. The number of carbonyl (C=O) groups excluding carboxylic acids is 1. The summed E-state index contributed by atoms with van der Waals surface area (Å²) in [5.74, 6) is -0.238. The third-order valence-corrected chi connectivity index (χ3v) is 3.78. The summed E-state index contributed by atoms with van der Waals surface area (Å²) in [4.78, 5) is 28.5. The van der Waals surface area contributed by atoms with E-state index in [-0.39, 0.29) is 17.5 Å². The molecule has 2 rings (SSSR count). The van der Waals surface area contributed by atoms with Gasteiger partial charge in [0.05, 0.1) is 6.04 Å². The number of carbonyl (C=O) groups is 1. The molecule has 0 aliphatic rings. The van der Waals surface area contributed by atoms with E-state index in [9.17, 15) is 9.59 Å². The maximum Gasteiger partial charge on any atom is 0.251 e. The van der Waals surface area contributed by atoms with Gasteiger partial charge in [-0.05, 0) is 39.6 Å². The quantitative estimate of drug-likeness (QED) is 0.887. The van der Waals surface area contributed by atoms with Crippen LogP contribution in [0.25, 0.3) is 0 Å². The van der Waals surface area contributed by atoms with E-state index in [1.165, 1.54) is 11.6 Å². The molecule has 0 saturated heterocycles. The van der Waals surface area contributed by atoms with Crippen LogP contribution in [0.5, 0.6) is 0 Å². The van der Waals surface area contributed by atoms with Gasteiger partial charge in [-0.3, -0.25) is 9.59 Å². The van der Waals surface area contributed by atoms with Crippen LogP contribution < -0.4 is 10.9 Å². The number of hydrogen-bond acceptors (Lipinski definition) is 3. The van der Waals surface area contributed by atoms with E-state index in [0.29, 0.717) is 17.8 Å². The number of nitrogens with zero attached hydrogens (tertiary/aromatic N) is 1. The summed E-state index contributed by atoms with van der Waals surface area (Å²) in [5.41, 5.74) is 3.13. The molecular formula is C18H23N3O2. The molecule has 2 N–H and O–H groups in total. The zero-order valence-electron chi connectivity index (χ0n) is 14.0. The van der Waals surface area contributed by atoms with Crippen LogP contribution in [0.4, 0.5) is 0 Å². The lowest BCUT2D eigenvalue weighted by molar-refractivity contribution is 0.0941. The Morgan fingerprint density at radius 1 is 1.17 bits per heavy atom. The maximum absolute atomic E-state index is 12.3. The molecule has 0 saturated carbocycles. The van der Waals surface area contributed by atoms with Gasteiger partial charge in [-0.15, -0.1) is 0 Å². The Hall–Kier alpha value is -2.40. The summed E-state index contributed by atoms with van der Waals surface area (Å²) in [7, 11) is 3.96. The summed E-state index contributed by atoms with van der Waals surface area (Å²) in [6.45, 7) is 4.28. The minimum Gasteiger partial charge on any atom is -0.350 e. The minimum absolute atomic E-state index is 0.0719. The van der Waals surface area contributed by atoms with Gasteiger partial charge in [0.15, 0.2) is 0 Å². The van der Waals surface area contributed by atoms with Crippen LogP contribution in [0.1, 0.15) is 33.2 Å². The molecule has 1 atom stereocenters. The first-order chi connectivity index (χ1) is 10.9. The topological polar surface area (TPSA) is 65.2 Å². The number of benzene rings is 1. The average molecular weight is 313 g/mol. The molecule has 2 aromatic rings. The maximum atomic E-state index is 12.3. The highest BCUT2D eigenvalue weighted by Gasteiger charge is 2.16. The van der Waals surface area contributed by atoms with Gasteiger partial charge in [0.25, 0.3) is 5.91 Å². The predicted octanol–water partition coefficient (Wildman–Crippen LogP) is 2.02. The fraction of sp³-hybridized carbons (Fsp3) is 0.333. The summed E-state index contributed by atoms with van der Waals surface area (Å²) >= 11 is 0. The second-order valence-electron chi connectivity index (χ2n) is 6.02. The third kappa shape index (κ3) is 4.53. The van der Waals surface area contributed by atoms with Crippen molar-refractivity contribution in [3.05, 3.63) is 69.1 Å². The average Bonchev–Trinajstić information content (AvgIpc) is 2.47. The second kappa shape index (κ2) is 7.24. The highest BCUT2D eigenvalue weighted by atomic mass is 16.2. The highest BCUT2D eigenvalue weighted by Crippen LogP contribution is 2.18. The Balaban J connectivity index is 2.11. The molecule has 5 heteroatoms. The third-order valence-electron chi connectivity index (χ3n) is 3.78. The van der Waals surface area contributed by atoms with E-state index >= 15 is 0 Å². The van der Waals surface area contributed by atoms with Crippen LogP contribution >= 0.6 is 0 Å². The van der Waals surface area contributed by atoms with E-state index in [1.54, 1.807) is 13.0 Å². The normalized spacial score (nSPS) is 12.2. The van der Waals surface area contributed by atoms with Crippen LogP contribution in [0, 0.1) is 13.8 Å². The lowest BCUT2D eigenvalue weighted by Crippen LogP contribution is -2.35. The van der Waals surface area contributed by atoms with Crippen LogP contribution in [0.3, 0.4) is 0 Å².